The summed E-state index contributed by atoms with van der Waals surface area (Å²) in [5, 5.41) is 13.3. The summed E-state index contributed by atoms with van der Waals surface area (Å²) in [6, 6.07) is 7.79. The molecule has 1 aliphatic heterocycles. The van der Waals surface area contributed by atoms with Crippen molar-refractivity contribution in [1.29, 1.82) is 0 Å². The Bertz CT molecular complexity index is 716. The molecule has 0 bridgehead atoms. The van der Waals surface area contributed by atoms with Gasteiger partial charge in [-0.1, -0.05) is 18.2 Å². The van der Waals surface area contributed by atoms with Gasteiger partial charge in [0.2, 0.25) is 5.91 Å². The number of H-pyrrole nitrogens is 1. The fraction of sp³-hybridized carbons (Fsp3) is 0.412. The molecule has 2 heterocycles. The van der Waals surface area contributed by atoms with Gasteiger partial charge in [0.15, 0.2) is 0 Å². The normalized spacial score (nSPS) is 17.0. The number of carboxylic acid groups (broad SMARTS) is 1. The van der Waals surface area contributed by atoms with E-state index in [1.165, 1.54) is 0 Å². The summed E-state index contributed by atoms with van der Waals surface area (Å²) in [4.78, 5) is 26.9. The fourth-order valence-electron chi connectivity index (χ4n) is 3.01. The van der Waals surface area contributed by atoms with Crippen LogP contribution in [0.2, 0.25) is 0 Å². The third kappa shape index (κ3) is 3.22. The molecule has 0 radical (unpaired) electrons. The van der Waals surface area contributed by atoms with Crippen LogP contribution in [0.4, 0.5) is 0 Å². The lowest BCUT2D eigenvalue weighted by Gasteiger charge is -2.33. The Morgan fingerprint density at radius 2 is 2.00 bits per heavy atom. The zero-order valence-electron chi connectivity index (χ0n) is 12.8. The molecule has 1 saturated heterocycles. The average molecular weight is 316 g/mol. The van der Waals surface area contributed by atoms with Gasteiger partial charge in [-0.2, -0.15) is 0 Å². The molecule has 0 atom stereocenters. The van der Waals surface area contributed by atoms with E-state index in [1.807, 2.05) is 30.5 Å². The Morgan fingerprint density at radius 1 is 1.26 bits per heavy atom. The number of carbonyl (C=O) groups is 2. The van der Waals surface area contributed by atoms with E-state index in [4.69, 9.17) is 4.74 Å². The average Bonchev–Trinajstić information content (AvgIpc) is 2.97. The van der Waals surface area contributed by atoms with E-state index in [0.29, 0.717) is 26.1 Å². The number of carboxylic acids is 1. The third-order valence-electron chi connectivity index (χ3n) is 4.55. The zero-order valence-corrected chi connectivity index (χ0v) is 12.8. The molecular weight excluding hydrogens is 296 g/mol. The number of benzene rings is 1. The molecule has 1 aromatic carbocycles. The Labute approximate surface area is 133 Å². The number of para-hydroxylation sites is 1. The Hall–Kier alpha value is -2.34. The number of aliphatic carboxylic acids is 1. The van der Waals surface area contributed by atoms with Crippen molar-refractivity contribution >= 4 is 22.8 Å². The molecule has 0 spiro atoms. The minimum absolute atomic E-state index is 0.146. The van der Waals surface area contributed by atoms with Gasteiger partial charge < -0.3 is 20.1 Å². The number of nitrogens with one attached hydrogen (secondary N) is 2. The standard InChI is InChI=1S/C17H20N2O4/c20-15(9-12-10-18-14-4-2-1-3-13(12)14)19-11-17(16(21)22)5-7-23-8-6-17/h1-4,10,18H,5-9,11H2,(H,19,20)(H,21,22). The van der Waals surface area contributed by atoms with Crippen molar-refractivity contribution in [2.75, 3.05) is 19.8 Å². The first-order valence-electron chi connectivity index (χ1n) is 7.74. The number of hydrogen-bond donors (Lipinski definition) is 3. The van der Waals surface area contributed by atoms with Gasteiger partial charge in [0.1, 0.15) is 0 Å². The molecule has 0 unspecified atom stereocenters. The van der Waals surface area contributed by atoms with Crippen LogP contribution < -0.4 is 5.32 Å². The predicted octanol–water partition coefficient (Wildman–Crippen LogP) is 1.71. The number of ether oxygens (including phenoxy) is 1. The van der Waals surface area contributed by atoms with Crippen LogP contribution in [0.25, 0.3) is 10.9 Å². The molecule has 122 valence electrons. The zero-order chi connectivity index (χ0) is 16.3. The minimum Gasteiger partial charge on any atom is -0.481 e. The number of aromatic amines is 1. The van der Waals surface area contributed by atoms with Gasteiger partial charge in [-0.25, -0.2) is 0 Å². The quantitative estimate of drug-likeness (QED) is 0.783. The number of aromatic nitrogens is 1. The van der Waals surface area contributed by atoms with Crippen LogP contribution in [0.3, 0.4) is 0 Å². The first kappa shape index (κ1) is 15.6. The van der Waals surface area contributed by atoms with E-state index in [-0.39, 0.29) is 18.9 Å². The van der Waals surface area contributed by atoms with Crippen LogP contribution in [-0.2, 0) is 20.7 Å². The van der Waals surface area contributed by atoms with Gasteiger partial charge in [-0.15, -0.1) is 0 Å². The smallest absolute Gasteiger partial charge is 0.311 e. The van der Waals surface area contributed by atoms with Crippen molar-refractivity contribution in [2.24, 2.45) is 5.41 Å². The minimum atomic E-state index is -0.909. The van der Waals surface area contributed by atoms with Crippen LogP contribution in [0.5, 0.6) is 0 Å². The van der Waals surface area contributed by atoms with Gasteiger partial charge in [0, 0.05) is 36.9 Å². The van der Waals surface area contributed by atoms with E-state index in [1.54, 1.807) is 0 Å². The lowest BCUT2D eigenvalue weighted by molar-refractivity contribution is -0.154. The lowest BCUT2D eigenvalue weighted by Crippen LogP contribution is -2.46. The Kier molecular flexibility index (Phi) is 4.34. The molecule has 1 aromatic heterocycles. The molecule has 1 fully saturated rings. The Balaban J connectivity index is 1.64. The molecule has 0 saturated carbocycles. The Morgan fingerprint density at radius 3 is 2.74 bits per heavy atom. The van der Waals surface area contributed by atoms with Crippen LogP contribution in [0.15, 0.2) is 30.5 Å². The molecule has 23 heavy (non-hydrogen) atoms. The van der Waals surface area contributed by atoms with Gasteiger partial charge in [-0.3, -0.25) is 9.59 Å². The highest BCUT2D eigenvalue weighted by Crippen LogP contribution is 2.30. The number of fused-ring (bicyclic) bond motifs is 1. The molecular formula is C17H20N2O4. The molecule has 6 nitrogen and oxygen atoms in total. The molecule has 6 heteroatoms. The maximum atomic E-state index is 12.2. The summed E-state index contributed by atoms with van der Waals surface area (Å²) in [5.74, 6) is -1.03. The van der Waals surface area contributed by atoms with Gasteiger partial charge in [-0.05, 0) is 24.5 Å². The maximum absolute atomic E-state index is 12.2. The first-order valence-corrected chi connectivity index (χ1v) is 7.74. The topological polar surface area (TPSA) is 91.4 Å². The van der Waals surface area contributed by atoms with Crippen LogP contribution in [-0.4, -0.2) is 41.7 Å². The summed E-state index contributed by atoms with van der Waals surface area (Å²) in [6.07, 6.45) is 2.91. The second-order valence-corrected chi connectivity index (χ2v) is 6.01. The lowest BCUT2D eigenvalue weighted by atomic mass is 9.80. The maximum Gasteiger partial charge on any atom is 0.311 e. The number of carbonyl (C=O) groups excluding carboxylic acids is 1. The summed E-state index contributed by atoms with van der Waals surface area (Å²) < 4.78 is 5.23. The predicted molar refractivity (Wildman–Crippen MR) is 85.1 cm³/mol. The van der Waals surface area contributed by atoms with Crippen molar-refractivity contribution in [2.45, 2.75) is 19.3 Å². The van der Waals surface area contributed by atoms with E-state index in [9.17, 15) is 14.7 Å². The number of hydrogen-bond acceptors (Lipinski definition) is 3. The van der Waals surface area contributed by atoms with Crippen molar-refractivity contribution < 1.29 is 19.4 Å². The highest BCUT2D eigenvalue weighted by atomic mass is 16.5. The number of rotatable bonds is 5. The van der Waals surface area contributed by atoms with E-state index >= 15 is 0 Å². The van der Waals surface area contributed by atoms with Gasteiger partial charge in [0.25, 0.3) is 0 Å². The van der Waals surface area contributed by atoms with Crippen LogP contribution in [0.1, 0.15) is 18.4 Å². The monoisotopic (exact) mass is 316 g/mol. The van der Waals surface area contributed by atoms with E-state index in [2.05, 4.69) is 10.3 Å². The second kappa shape index (κ2) is 6.42. The molecule has 1 amide bonds. The third-order valence-corrected chi connectivity index (χ3v) is 4.55. The largest absolute Gasteiger partial charge is 0.481 e. The summed E-state index contributed by atoms with van der Waals surface area (Å²) in [6.45, 7) is 0.988. The van der Waals surface area contributed by atoms with Crippen molar-refractivity contribution in [3.8, 4) is 0 Å². The molecule has 1 aliphatic rings. The van der Waals surface area contributed by atoms with Crippen LogP contribution in [0, 0.1) is 5.41 Å². The fourth-order valence-corrected chi connectivity index (χ4v) is 3.01. The number of amides is 1. The van der Waals surface area contributed by atoms with E-state index in [0.717, 1.165) is 16.5 Å². The van der Waals surface area contributed by atoms with Gasteiger partial charge >= 0.3 is 5.97 Å². The van der Waals surface area contributed by atoms with Gasteiger partial charge in [0.05, 0.1) is 11.8 Å². The van der Waals surface area contributed by atoms with Crippen molar-refractivity contribution in [3.05, 3.63) is 36.0 Å². The molecule has 0 aliphatic carbocycles. The van der Waals surface area contributed by atoms with Crippen molar-refractivity contribution in [1.82, 2.24) is 10.3 Å². The second-order valence-electron chi connectivity index (χ2n) is 6.01. The molecule has 3 N–H and O–H groups in total. The molecule has 3 rings (SSSR count). The van der Waals surface area contributed by atoms with Crippen LogP contribution >= 0.6 is 0 Å². The summed E-state index contributed by atoms with van der Waals surface area (Å²) in [7, 11) is 0. The SMILES string of the molecule is O=C(Cc1c[nH]c2ccccc12)NCC1(C(=O)O)CCOCC1. The van der Waals surface area contributed by atoms with E-state index < -0.39 is 11.4 Å². The summed E-state index contributed by atoms with van der Waals surface area (Å²) in [5.41, 5.74) is 0.991. The highest BCUT2D eigenvalue weighted by molar-refractivity contribution is 5.89. The van der Waals surface area contributed by atoms with Crippen molar-refractivity contribution in [3.63, 3.8) is 0 Å². The first-order chi connectivity index (χ1) is 11.1. The summed E-state index contributed by atoms with van der Waals surface area (Å²) >= 11 is 0. The highest BCUT2D eigenvalue weighted by Gasteiger charge is 2.40. The molecule has 2 aromatic rings.